The number of nitrogens with zero attached hydrogens (tertiary/aromatic N) is 1. The molecule has 1 saturated heterocycles. The maximum atomic E-state index is 11.7. The van der Waals surface area contributed by atoms with E-state index in [0.717, 1.165) is 12.8 Å². The van der Waals surface area contributed by atoms with Crippen molar-refractivity contribution < 1.29 is 13.5 Å². The quantitative estimate of drug-likeness (QED) is 0.805. The number of hydrogen-bond acceptors (Lipinski definition) is 4. The highest BCUT2D eigenvalue weighted by Gasteiger charge is 2.57. The average molecular weight is 299 g/mol. The van der Waals surface area contributed by atoms with Gasteiger partial charge in [0.15, 0.2) is 9.84 Å². The van der Waals surface area contributed by atoms with Crippen LogP contribution in [0.4, 0.5) is 0 Å². The first kappa shape index (κ1) is 15.8. The molecular formula is C15H25NO3S. The average Bonchev–Trinajstić information content (AvgIpc) is 2.64. The smallest absolute Gasteiger partial charge is 0.153 e. The van der Waals surface area contributed by atoms with Crippen LogP contribution in [-0.4, -0.2) is 30.6 Å². The molecule has 2 aliphatic rings. The first-order valence-electron chi connectivity index (χ1n) is 7.38. The minimum Gasteiger partial charge on any atom is -0.387 e. The van der Waals surface area contributed by atoms with Gasteiger partial charge in [0.25, 0.3) is 0 Å². The highest BCUT2D eigenvalue weighted by Crippen LogP contribution is 2.52. The molecule has 1 N–H and O–H groups in total. The van der Waals surface area contributed by atoms with Crippen LogP contribution in [-0.2, 0) is 9.84 Å². The van der Waals surface area contributed by atoms with Gasteiger partial charge in [-0.3, -0.25) is 0 Å². The largest absolute Gasteiger partial charge is 0.387 e. The number of nitriles is 1. The lowest BCUT2D eigenvalue weighted by Gasteiger charge is -2.46. The van der Waals surface area contributed by atoms with Gasteiger partial charge >= 0.3 is 0 Å². The van der Waals surface area contributed by atoms with Crippen LogP contribution in [0.3, 0.4) is 0 Å². The van der Waals surface area contributed by atoms with Crippen molar-refractivity contribution in [2.45, 2.75) is 58.5 Å². The van der Waals surface area contributed by atoms with E-state index >= 15 is 0 Å². The lowest BCUT2D eigenvalue weighted by atomic mass is 9.58. The summed E-state index contributed by atoms with van der Waals surface area (Å²) >= 11 is 0. The van der Waals surface area contributed by atoms with Gasteiger partial charge < -0.3 is 5.11 Å². The van der Waals surface area contributed by atoms with Gasteiger partial charge in [0.1, 0.15) is 0 Å². The van der Waals surface area contributed by atoms with E-state index in [1.54, 1.807) is 0 Å². The van der Waals surface area contributed by atoms with Crippen LogP contribution in [0.1, 0.15) is 52.9 Å². The van der Waals surface area contributed by atoms with Crippen LogP contribution in [0.25, 0.3) is 0 Å². The molecule has 0 spiro atoms. The summed E-state index contributed by atoms with van der Waals surface area (Å²) < 4.78 is 23.4. The predicted octanol–water partition coefficient (Wildman–Crippen LogP) is 2.28. The lowest BCUT2D eigenvalue weighted by molar-refractivity contribution is -0.0648. The monoisotopic (exact) mass is 299 g/mol. The van der Waals surface area contributed by atoms with Gasteiger partial charge in [0.2, 0.25) is 0 Å². The highest BCUT2D eigenvalue weighted by molar-refractivity contribution is 7.91. The maximum Gasteiger partial charge on any atom is 0.153 e. The molecule has 20 heavy (non-hydrogen) atoms. The molecular weight excluding hydrogens is 274 g/mol. The van der Waals surface area contributed by atoms with Gasteiger partial charge in [-0.2, -0.15) is 5.26 Å². The summed E-state index contributed by atoms with van der Waals surface area (Å²) in [5, 5.41) is 20.4. The van der Waals surface area contributed by atoms with Crippen molar-refractivity contribution in [3.63, 3.8) is 0 Å². The molecule has 0 aromatic carbocycles. The molecule has 0 aromatic heterocycles. The van der Waals surface area contributed by atoms with E-state index in [1.807, 2.05) is 0 Å². The molecule has 114 valence electrons. The molecule has 0 amide bonds. The van der Waals surface area contributed by atoms with Crippen LogP contribution in [0.15, 0.2) is 0 Å². The van der Waals surface area contributed by atoms with Gasteiger partial charge in [-0.1, -0.05) is 20.8 Å². The second-order valence-corrected chi connectivity index (χ2v) is 9.89. The molecule has 0 radical (unpaired) electrons. The van der Waals surface area contributed by atoms with Crippen LogP contribution in [0, 0.1) is 28.1 Å². The summed E-state index contributed by atoms with van der Waals surface area (Å²) in [6.45, 7) is 6.60. The van der Waals surface area contributed by atoms with E-state index in [0.29, 0.717) is 18.8 Å². The van der Waals surface area contributed by atoms with E-state index < -0.39 is 20.9 Å². The third-order valence-corrected chi connectivity index (χ3v) is 7.20. The summed E-state index contributed by atoms with van der Waals surface area (Å²) in [4.78, 5) is 0. The normalized spacial score (nSPS) is 41.2. The van der Waals surface area contributed by atoms with E-state index in [9.17, 15) is 18.8 Å². The fraction of sp³-hybridized carbons (Fsp3) is 0.933. The zero-order valence-corrected chi connectivity index (χ0v) is 13.5. The van der Waals surface area contributed by atoms with Crippen molar-refractivity contribution in [2.75, 3.05) is 11.5 Å². The zero-order chi connectivity index (χ0) is 15.2. The molecule has 0 aromatic rings. The van der Waals surface area contributed by atoms with Crippen molar-refractivity contribution in [1.82, 2.24) is 0 Å². The summed E-state index contributed by atoms with van der Waals surface area (Å²) in [7, 11) is -3.19. The predicted molar refractivity (Wildman–Crippen MR) is 77.7 cm³/mol. The number of hydrogen-bond donors (Lipinski definition) is 1. The molecule has 1 unspecified atom stereocenters. The van der Waals surface area contributed by atoms with Gasteiger partial charge in [-0.05, 0) is 43.4 Å². The van der Waals surface area contributed by atoms with Gasteiger partial charge in [0.05, 0.1) is 28.6 Å². The Morgan fingerprint density at radius 1 is 1.20 bits per heavy atom. The van der Waals surface area contributed by atoms with Crippen molar-refractivity contribution >= 4 is 9.84 Å². The topological polar surface area (TPSA) is 78.2 Å². The second kappa shape index (κ2) is 4.71. The molecule has 5 heteroatoms. The fourth-order valence-electron chi connectivity index (χ4n) is 3.87. The van der Waals surface area contributed by atoms with E-state index in [4.69, 9.17) is 0 Å². The summed E-state index contributed by atoms with van der Waals surface area (Å²) in [5.74, 6) is 0.300. The zero-order valence-electron chi connectivity index (χ0n) is 12.6. The Morgan fingerprint density at radius 2 is 1.75 bits per heavy atom. The Morgan fingerprint density at radius 3 is 2.10 bits per heavy atom. The van der Waals surface area contributed by atoms with Crippen molar-refractivity contribution in [1.29, 1.82) is 5.26 Å². The number of sulfone groups is 1. The Bertz CT molecular complexity index is 518. The Labute approximate surface area is 122 Å². The van der Waals surface area contributed by atoms with Crippen LogP contribution in [0.5, 0.6) is 0 Å². The standard InChI is InChI=1S/C15H25NO3S/c1-13(2,3)12-4-6-14(10-16,7-5-12)15(17)8-9-20(18,19)11-15/h12,17H,4-9,11H2,1-3H3. The SMILES string of the molecule is CC(C)(C)C1CCC(C#N)(C2(O)CCS(=O)(=O)C2)CC1. The third-order valence-electron chi connectivity index (χ3n) is 5.45. The molecule has 1 aliphatic carbocycles. The van der Waals surface area contributed by atoms with E-state index in [1.165, 1.54) is 0 Å². The molecule has 1 saturated carbocycles. The van der Waals surface area contributed by atoms with Crippen molar-refractivity contribution in [3.8, 4) is 6.07 Å². The number of aliphatic hydroxyl groups is 1. The first-order valence-corrected chi connectivity index (χ1v) is 9.20. The van der Waals surface area contributed by atoms with Gasteiger partial charge in [-0.15, -0.1) is 0 Å². The molecule has 0 bridgehead atoms. The van der Waals surface area contributed by atoms with Gasteiger partial charge in [0, 0.05) is 0 Å². The summed E-state index contributed by atoms with van der Waals surface area (Å²) in [5.41, 5.74) is -2.02. The number of rotatable bonds is 1. The van der Waals surface area contributed by atoms with Crippen molar-refractivity contribution in [3.05, 3.63) is 0 Å². The molecule has 2 rings (SSSR count). The molecule has 2 fully saturated rings. The first-order chi connectivity index (χ1) is 9.04. The minimum absolute atomic E-state index is 0.00955. The van der Waals surface area contributed by atoms with Crippen LogP contribution in [0.2, 0.25) is 0 Å². The van der Waals surface area contributed by atoms with Crippen molar-refractivity contribution in [2.24, 2.45) is 16.7 Å². The highest BCUT2D eigenvalue weighted by atomic mass is 32.2. The Balaban J connectivity index is 2.20. The van der Waals surface area contributed by atoms with E-state index in [-0.39, 0.29) is 23.3 Å². The second-order valence-electron chi connectivity index (χ2n) is 7.71. The molecule has 1 aliphatic heterocycles. The van der Waals surface area contributed by atoms with Crippen LogP contribution >= 0.6 is 0 Å². The van der Waals surface area contributed by atoms with E-state index in [2.05, 4.69) is 26.8 Å². The summed E-state index contributed by atoms with van der Waals surface area (Å²) in [6, 6.07) is 2.30. The third kappa shape index (κ3) is 2.60. The fourth-order valence-corrected chi connectivity index (χ4v) is 5.81. The minimum atomic E-state index is -3.19. The molecule has 1 atom stereocenters. The lowest BCUT2D eigenvalue weighted by Crippen LogP contribution is -2.51. The Hall–Kier alpha value is -0.600. The molecule has 4 nitrogen and oxygen atoms in total. The Kier molecular flexibility index (Phi) is 3.71. The summed E-state index contributed by atoms with van der Waals surface area (Å²) in [6.07, 6.45) is 3.21. The maximum absolute atomic E-state index is 11.7. The van der Waals surface area contributed by atoms with Crippen LogP contribution < -0.4 is 0 Å². The molecule has 1 heterocycles. The van der Waals surface area contributed by atoms with Gasteiger partial charge in [-0.25, -0.2) is 8.42 Å².